The lowest BCUT2D eigenvalue weighted by Gasteiger charge is -2.14. The van der Waals surface area contributed by atoms with E-state index in [9.17, 15) is 22.8 Å². The Labute approximate surface area is 204 Å². The summed E-state index contributed by atoms with van der Waals surface area (Å²) in [6.07, 6.45) is -4.99. The minimum atomic E-state index is -4.99. The van der Waals surface area contributed by atoms with Gasteiger partial charge in [-0.2, -0.15) is 13.2 Å². The van der Waals surface area contributed by atoms with E-state index < -0.39 is 35.6 Å². The van der Waals surface area contributed by atoms with Crippen molar-refractivity contribution in [3.8, 4) is 17.2 Å². The van der Waals surface area contributed by atoms with Crippen molar-refractivity contribution in [1.82, 2.24) is 0 Å². The van der Waals surface area contributed by atoms with Crippen LogP contribution in [0, 0.1) is 20.8 Å². The normalized spacial score (nSPS) is 11.4. The van der Waals surface area contributed by atoms with Crippen LogP contribution in [0.4, 0.5) is 18.9 Å². The van der Waals surface area contributed by atoms with E-state index in [4.69, 9.17) is 13.9 Å². The highest BCUT2D eigenvalue weighted by molar-refractivity contribution is 5.92. The molecule has 1 heterocycles. The molecule has 0 spiro atoms. The molecule has 0 fully saturated rings. The molecule has 4 rings (SSSR count). The lowest BCUT2D eigenvalue weighted by Crippen LogP contribution is -2.21. The molecule has 0 unspecified atom stereocenters. The molecule has 4 aromatic rings. The number of anilines is 1. The molecule has 0 atom stereocenters. The molecular formula is C27H22F3NO5. The molecule has 0 bridgehead atoms. The Morgan fingerprint density at radius 1 is 0.972 bits per heavy atom. The number of rotatable bonds is 6. The number of aryl methyl sites for hydroxylation is 2. The van der Waals surface area contributed by atoms with Crippen LogP contribution >= 0.6 is 0 Å². The summed E-state index contributed by atoms with van der Waals surface area (Å²) in [6.45, 7) is 5.12. The Bertz CT molecular complexity index is 1510. The number of nitrogens with one attached hydrogen (secondary N) is 1. The number of carbonyl (C=O) groups excluding carboxylic acids is 1. The van der Waals surface area contributed by atoms with E-state index in [1.165, 1.54) is 24.3 Å². The average Bonchev–Trinajstić information content (AvgIpc) is 2.81. The maximum absolute atomic E-state index is 13.8. The number of carbonyl (C=O) groups is 1. The minimum absolute atomic E-state index is 0.0576. The zero-order valence-electron chi connectivity index (χ0n) is 19.7. The van der Waals surface area contributed by atoms with Crippen LogP contribution in [0.2, 0.25) is 0 Å². The van der Waals surface area contributed by atoms with E-state index in [-0.39, 0.29) is 22.5 Å². The van der Waals surface area contributed by atoms with Crippen molar-refractivity contribution in [2.24, 2.45) is 0 Å². The van der Waals surface area contributed by atoms with Gasteiger partial charge in [-0.25, -0.2) is 0 Å². The predicted molar refractivity (Wildman–Crippen MR) is 129 cm³/mol. The summed E-state index contributed by atoms with van der Waals surface area (Å²) in [7, 11) is 0. The van der Waals surface area contributed by atoms with Crippen molar-refractivity contribution in [2.45, 2.75) is 26.9 Å². The topological polar surface area (TPSA) is 77.8 Å². The summed E-state index contributed by atoms with van der Waals surface area (Å²) in [5.41, 5.74) is 1.95. The fourth-order valence-electron chi connectivity index (χ4n) is 3.54. The molecule has 1 aromatic heterocycles. The van der Waals surface area contributed by atoms with Crippen LogP contribution in [-0.2, 0) is 11.0 Å². The van der Waals surface area contributed by atoms with E-state index >= 15 is 0 Å². The minimum Gasteiger partial charge on any atom is -0.484 e. The predicted octanol–water partition coefficient (Wildman–Crippen LogP) is 6.55. The van der Waals surface area contributed by atoms with Gasteiger partial charge in [-0.05, 0) is 67.8 Å². The standard InChI is InChI=1S/C27H22F3NO5/c1-15-6-4-8-19(12-15)35-25-24(33)20-11-10-18(13-22(20)36-26(25)27(28,29)30)34-14-23(32)31-21-9-5-7-16(2)17(21)3/h4-13H,14H2,1-3H3,(H,31,32). The van der Waals surface area contributed by atoms with E-state index in [2.05, 4.69) is 5.32 Å². The molecule has 6 nitrogen and oxygen atoms in total. The highest BCUT2D eigenvalue weighted by Crippen LogP contribution is 2.38. The molecule has 0 saturated heterocycles. The third kappa shape index (κ3) is 5.35. The fourth-order valence-corrected chi connectivity index (χ4v) is 3.54. The Balaban J connectivity index is 1.61. The van der Waals surface area contributed by atoms with Crippen LogP contribution in [0.15, 0.2) is 69.9 Å². The summed E-state index contributed by atoms with van der Waals surface area (Å²) in [5, 5.41) is 2.60. The summed E-state index contributed by atoms with van der Waals surface area (Å²) >= 11 is 0. The van der Waals surface area contributed by atoms with Gasteiger partial charge < -0.3 is 19.2 Å². The van der Waals surface area contributed by atoms with Crippen molar-refractivity contribution in [3.63, 3.8) is 0 Å². The second kappa shape index (κ2) is 9.77. The molecule has 0 saturated carbocycles. The first-order chi connectivity index (χ1) is 17.0. The number of fused-ring (bicyclic) bond motifs is 1. The van der Waals surface area contributed by atoms with Crippen LogP contribution in [0.5, 0.6) is 17.2 Å². The van der Waals surface area contributed by atoms with Gasteiger partial charge >= 0.3 is 6.18 Å². The molecular weight excluding hydrogens is 475 g/mol. The Hall–Kier alpha value is -4.27. The maximum atomic E-state index is 13.8. The fraction of sp³-hybridized carbons (Fsp3) is 0.185. The van der Waals surface area contributed by atoms with Crippen molar-refractivity contribution in [3.05, 3.63) is 93.3 Å². The summed E-state index contributed by atoms with van der Waals surface area (Å²) in [6, 6.07) is 15.5. The van der Waals surface area contributed by atoms with Gasteiger partial charge in [0.2, 0.25) is 11.2 Å². The van der Waals surface area contributed by atoms with Crippen molar-refractivity contribution in [2.75, 3.05) is 11.9 Å². The molecule has 0 aliphatic rings. The van der Waals surface area contributed by atoms with Gasteiger partial charge in [0.25, 0.3) is 11.7 Å². The Morgan fingerprint density at radius 3 is 2.44 bits per heavy atom. The van der Waals surface area contributed by atoms with Gasteiger partial charge in [0.1, 0.15) is 17.1 Å². The number of ether oxygens (including phenoxy) is 2. The van der Waals surface area contributed by atoms with E-state index in [1.807, 2.05) is 19.9 Å². The van der Waals surface area contributed by atoms with Gasteiger partial charge in [-0.15, -0.1) is 0 Å². The molecule has 1 amide bonds. The highest BCUT2D eigenvalue weighted by atomic mass is 19.4. The number of amides is 1. The van der Waals surface area contributed by atoms with Crippen molar-refractivity contribution in [1.29, 1.82) is 0 Å². The number of benzene rings is 3. The molecule has 0 radical (unpaired) electrons. The summed E-state index contributed by atoms with van der Waals surface area (Å²) in [4.78, 5) is 25.3. The smallest absolute Gasteiger partial charge is 0.453 e. The SMILES string of the molecule is Cc1cccc(Oc2c(C(F)(F)F)oc3cc(OCC(=O)Nc4cccc(C)c4C)ccc3c2=O)c1. The van der Waals surface area contributed by atoms with Crippen LogP contribution in [0.25, 0.3) is 11.0 Å². The highest BCUT2D eigenvalue weighted by Gasteiger charge is 2.40. The van der Waals surface area contributed by atoms with Crippen LogP contribution in [-0.4, -0.2) is 12.5 Å². The molecule has 0 aliphatic carbocycles. The Kier molecular flexibility index (Phi) is 6.74. The maximum Gasteiger partial charge on any atom is 0.453 e. The molecule has 1 N–H and O–H groups in total. The van der Waals surface area contributed by atoms with Gasteiger partial charge in [0.15, 0.2) is 6.61 Å². The number of alkyl halides is 3. The van der Waals surface area contributed by atoms with Crippen LogP contribution in [0.3, 0.4) is 0 Å². The zero-order valence-corrected chi connectivity index (χ0v) is 19.7. The van der Waals surface area contributed by atoms with E-state index in [0.29, 0.717) is 5.69 Å². The first kappa shape index (κ1) is 24.8. The van der Waals surface area contributed by atoms with Crippen molar-refractivity contribution >= 4 is 22.6 Å². The quantitative estimate of drug-likeness (QED) is 0.327. The lowest BCUT2D eigenvalue weighted by molar-refractivity contribution is -0.154. The van der Waals surface area contributed by atoms with Gasteiger partial charge in [0, 0.05) is 11.8 Å². The number of hydrogen-bond acceptors (Lipinski definition) is 5. The zero-order chi connectivity index (χ0) is 26.0. The first-order valence-electron chi connectivity index (χ1n) is 10.9. The largest absolute Gasteiger partial charge is 0.484 e. The second-order valence-corrected chi connectivity index (χ2v) is 8.25. The molecule has 186 valence electrons. The third-order valence-electron chi connectivity index (χ3n) is 5.54. The van der Waals surface area contributed by atoms with Gasteiger partial charge in [-0.3, -0.25) is 9.59 Å². The second-order valence-electron chi connectivity index (χ2n) is 8.25. The number of halogens is 3. The average molecular weight is 497 g/mol. The Morgan fingerprint density at radius 2 is 1.72 bits per heavy atom. The number of hydrogen-bond donors (Lipinski definition) is 1. The van der Waals surface area contributed by atoms with E-state index in [0.717, 1.165) is 22.8 Å². The monoisotopic (exact) mass is 497 g/mol. The van der Waals surface area contributed by atoms with Crippen LogP contribution in [0.1, 0.15) is 22.5 Å². The summed E-state index contributed by atoms with van der Waals surface area (Å²) < 4.78 is 57.1. The van der Waals surface area contributed by atoms with Crippen LogP contribution < -0.4 is 20.2 Å². The third-order valence-corrected chi connectivity index (χ3v) is 5.54. The molecule has 0 aliphatic heterocycles. The summed E-state index contributed by atoms with van der Waals surface area (Å²) in [5.74, 6) is -2.85. The van der Waals surface area contributed by atoms with Gasteiger partial charge in [-0.1, -0.05) is 24.3 Å². The lowest BCUT2D eigenvalue weighted by atomic mass is 10.1. The molecule has 36 heavy (non-hydrogen) atoms. The first-order valence-corrected chi connectivity index (χ1v) is 10.9. The van der Waals surface area contributed by atoms with Gasteiger partial charge in [0.05, 0.1) is 5.39 Å². The molecule has 9 heteroatoms. The van der Waals surface area contributed by atoms with E-state index in [1.54, 1.807) is 31.2 Å². The van der Waals surface area contributed by atoms with Crippen molar-refractivity contribution < 1.29 is 31.9 Å². The molecule has 3 aromatic carbocycles.